The van der Waals surface area contributed by atoms with Crippen LogP contribution < -0.4 is 16.4 Å². The van der Waals surface area contributed by atoms with E-state index < -0.39 is 5.54 Å². The van der Waals surface area contributed by atoms with Crippen LogP contribution in [0.4, 0.5) is 5.69 Å². The van der Waals surface area contributed by atoms with Gasteiger partial charge in [-0.25, -0.2) is 0 Å². The van der Waals surface area contributed by atoms with Crippen molar-refractivity contribution in [3.05, 3.63) is 29.8 Å². The highest BCUT2D eigenvalue weighted by molar-refractivity contribution is 6.03. The molecule has 1 aromatic carbocycles. The molecule has 0 bridgehead atoms. The molecule has 1 aromatic rings. The maximum absolute atomic E-state index is 12.0. The van der Waals surface area contributed by atoms with Crippen LogP contribution in [0.15, 0.2) is 24.3 Å². The van der Waals surface area contributed by atoms with Gasteiger partial charge in [0.25, 0.3) is 5.91 Å². The van der Waals surface area contributed by atoms with Crippen molar-refractivity contribution in [3.63, 3.8) is 0 Å². The van der Waals surface area contributed by atoms with Crippen LogP contribution in [0.2, 0.25) is 0 Å². The Labute approximate surface area is 119 Å². The number of nitrogens with two attached hydrogens (primary N) is 1. The van der Waals surface area contributed by atoms with Crippen LogP contribution in [0.3, 0.4) is 0 Å². The van der Waals surface area contributed by atoms with E-state index in [0.29, 0.717) is 17.8 Å². The first-order chi connectivity index (χ1) is 9.33. The standard InChI is InChI=1S/C15H23N3O2/c1-4-9-17-14(20)11-7-5-6-8-12(11)18-13(19)10-15(2,3)16/h5-8H,4,9-10,16H2,1-3H3,(H,17,20)(H,18,19). The zero-order valence-electron chi connectivity index (χ0n) is 12.3. The molecule has 0 aliphatic heterocycles. The van der Waals surface area contributed by atoms with E-state index in [1.54, 1.807) is 38.1 Å². The van der Waals surface area contributed by atoms with Crippen molar-refractivity contribution in [1.82, 2.24) is 5.32 Å². The largest absolute Gasteiger partial charge is 0.352 e. The van der Waals surface area contributed by atoms with Gasteiger partial charge in [0.2, 0.25) is 5.91 Å². The van der Waals surface area contributed by atoms with Gasteiger partial charge in [-0.2, -0.15) is 0 Å². The van der Waals surface area contributed by atoms with Gasteiger partial charge in [-0.15, -0.1) is 0 Å². The Bertz CT molecular complexity index is 478. The Morgan fingerprint density at radius 1 is 1.25 bits per heavy atom. The normalized spacial score (nSPS) is 11.0. The number of anilines is 1. The molecule has 2 amide bonds. The number of carbonyl (C=O) groups excluding carboxylic acids is 2. The molecule has 0 unspecified atom stereocenters. The minimum absolute atomic E-state index is 0.185. The Balaban J connectivity index is 2.80. The molecule has 0 heterocycles. The van der Waals surface area contributed by atoms with E-state index in [4.69, 9.17) is 5.73 Å². The topological polar surface area (TPSA) is 84.2 Å². The molecule has 0 aliphatic carbocycles. The SMILES string of the molecule is CCCNC(=O)c1ccccc1NC(=O)CC(C)(C)N. The van der Waals surface area contributed by atoms with Gasteiger partial charge in [-0.3, -0.25) is 9.59 Å². The Hall–Kier alpha value is -1.88. The van der Waals surface area contributed by atoms with Crippen LogP contribution in [0.1, 0.15) is 44.0 Å². The van der Waals surface area contributed by atoms with Gasteiger partial charge >= 0.3 is 0 Å². The number of hydrogen-bond donors (Lipinski definition) is 3. The fourth-order valence-corrected chi connectivity index (χ4v) is 1.73. The molecule has 20 heavy (non-hydrogen) atoms. The highest BCUT2D eigenvalue weighted by Crippen LogP contribution is 2.16. The Morgan fingerprint density at radius 3 is 2.50 bits per heavy atom. The third kappa shape index (κ3) is 5.40. The van der Waals surface area contributed by atoms with E-state index in [2.05, 4.69) is 10.6 Å². The number of benzene rings is 1. The minimum atomic E-state index is -0.580. The number of amides is 2. The molecule has 4 N–H and O–H groups in total. The molecule has 0 aromatic heterocycles. The summed E-state index contributed by atoms with van der Waals surface area (Å²) >= 11 is 0. The quantitative estimate of drug-likeness (QED) is 0.742. The Kier molecular flexibility index (Phi) is 5.70. The van der Waals surface area contributed by atoms with E-state index in [9.17, 15) is 9.59 Å². The number of nitrogens with one attached hydrogen (secondary N) is 2. The fraction of sp³-hybridized carbons (Fsp3) is 0.467. The van der Waals surface area contributed by atoms with E-state index in [1.807, 2.05) is 6.92 Å². The van der Waals surface area contributed by atoms with Crippen molar-refractivity contribution in [2.75, 3.05) is 11.9 Å². The molecule has 0 atom stereocenters. The van der Waals surface area contributed by atoms with Crippen LogP contribution in [0.25, 0.3) is 0 Å². The van der Waals surface area contributed by atoms with Crippen molar-refractivity contribution in [1.29, 1.82) is 0 Å². The van der Waals surface area contributed by atoms with Gasteiger partial charge in [-0.05, 0) is 32.4 Å². The number of hydrogen-bond acceptors (Lipinski definition) is 3. The van der Waals surface area contributed by atoms with Crippen molar-refractivity contribution in [2.24, 2.45) is 5.73 Å². The summed E-state index contributed by atoms with van der Waals surface area (Å²) in [5, 5.41) is 5.54. The fourth-order valence-electron chi connectivity index (χ4n) is 1.73. The molecule has 0 saturated heterocycles. The lowest BCUT2D eigenvalue weighted by Gasteiger charge is -2.18. The number of rotatable bonds is 6. The highest BCUT2D eigenvalue weighted by Gasteiger charge is 2.18. The van der Waals surface area contributed by atoms with Gasteiger partial charge < -0.3 is 16.4 Å². The van der Waals surface area contributed by atoms with Crippen molar-refractivity contribution >= 4 is 17.5 Å². The molecule has 5 heteroatoms. The van der Waals surface area contributed by atoms with Crippen LogP contribution in [0, 0.1) is 0 Å². The maximum Gasteiger partial charge on any atom is 0.253 e. The summed E-state index contributed by atoms with van der Waals surface area (Å²) in [6.07, 6.45) is 1.06. The summed E-state index contributed by atoms with van der Waals surface area (Å²) in [6.45, 7) is 6.16. The number of para-hydroxylation sites is 1. The lowest BCUT2D eigenvalue weighted by atomic mass is 10.0. The zero-order chi connectivity index (χ0) is 15.2. The van der Waals surface area contributed by atoms with Crippen LogP contribution >= 0.6 is 0 Å². The molecule has 0 spiro atoms. The third-order valence-electron chi connectivity index (χ3n) is 2.60. The molecule has 0 aliphatic rings. The lowest BCUT2D eigenvalue weighted by molar-refractivity contribution is -0.117. The molecule has 0 radical (unpaired) electrons. The second-order valence-corrected chi connectivity index (χ2v) is 5.52. The average Bonchev–Trinajstić information content (AvgIpc) is 2.34. The van der Waals surface area contributed by atoms with E-state index in [0.717, 1.165) is 6.42 Å². The molecular weight excluding hydrogens is 254 g/mol. The Morgan fingerprint density at radius 2 is 1.90 bits per heavy atom. The van der Waals surface area contributed by atoms with Gasteiger partial charge in [0.05, 0.1) is 11.3 Å². The second-order valence-electron chi connectivity index (χ2n) is 5.52. The van der Waals surface area contributed by atoms with Gasteiger partial charge in [0, 0.05) is 18.5 Å². The average molecular weight is 277 g/mol. The molecule has 110 valence electrons. The van der Waals surface area contributed by atoms with Crippen LogP contribution in [-0.2, 0) is 4.79 Å². The summed E-state index contributed by atoms with van der Waals surface area (Å²) in [5.74, 6) is -0.386. The van der Waals surface area contributed by atoms with Gasteiger partial charge in [0.15, 0.2) is 0 Å². The molecule has 5 nitrogen and oxygen atoms in total. The van der Waals surface area contributed by atoms with Crippen molar-refractivity contribution in [3.8, 4) is 0 Å². The predicted molar refractivity (Wildman–Crippen MR) is 80.6 cm³/mol. The summed E-state index contributed by atoms with van der Waals surface area (Å²) in [7, 11) is 0. The molecule has 0 fully saturated rings. The third-order valence-corrected chi connectivity index (χ3v) is 2.60. The first-order valence-electron chi connectivity index (χ1n) is 6.79. The van der Waals surface area contributed by atoms with E-state index in [1.165, 1.54) is 0 Å². The summed E-state index contributed by atoms with van der Waals surface area (Å²) in [5.41, 5.74) is 6.21. The number of carbonyl (C=O) groups is 2. The highest BCUT2D eigenvalue weighted by atomic mass is 16.2. The van der Waals surface area contributed by atoms with E-state index in [-0.39, 0.29) is 18.2 Å². The minimum Gasteiger partial charge on any atom is -0.352 e. The van der Waals surface area contributed by atoms with Gasteiger partial charge in [0.1, 0.15) is 0 Å². The van der Waals surface area contributed by atoms with Crippen LogP contribution in [0.5, 0.6) is 0 Å². The summed E-state index contributed by atoms with van der Waals surface area (Å²) < 4.78 is 0. The molecule has 0 saturated carbocycles. The first kappa shape index (κ1) is 16.2. The van der Waals surface area contributed by atoms with Crippen LogP contribution in [-0.4, -0.2) is 23.9 Å². The van der Waals surface area contributed by atoms with Crippen molar-refractivity contribution < 1.29 is 9.59 Å². The second kappa shape index (κ2) is 7.05. The van der Waals surface area contributed by atoms with Crippen molar-refractivity contribution in [2.45, 2.75) is 39.2 Å². The maximum atomic E-state index is 12.0. The zero-order valence-corrected chi connectivity index (χ0v) is 12.3. The summed E-state index contributed by atoms with van der Waals surface area (Å²) in [6, 6.07) is 6.94. The molecule has 1 rings (SSSR count). The summed E-state index contributed by atoms with van der Waals surface area (Å²) in [4.78, 5) is 23.9. The first-order valence-corrected chi connectivity index (χ1v) is 6.79. The van der Waals surface area contributed by atoms with E-state index >= 15 is 0 Å². The van der Waals surface area contributed by atoms with Gasteiger partial charge in [-0.1, -0.05) is 19.1 Å². The smallest absolute Gasteiger partial charge is 0.253 e. The lowest BCUT2D eigenvalue weighted by Crippen LogP contribution is -2.36. The monoisotopic (exact) mass is 277 g/mol. The predicted octanol–water partition coefficient (Wildman–Crippen LogP) is 1.89. The molecular formula is C15H23N3O2.